The zero-order valence-corrected chi connectivity index (χ0v) is 16.1. The summed E-state index contributed by atoms with van der Waals surface area (Å²) in [4.78, 5) is 15.1. The topological polar surface area (TPSA) is 165 Å². The third-order valence-electron chi connectivity index (χ3n) is 3.73. The van der Waals surface area contributed by atoms with Gasteiger partial charge in [-0.15, -0.1) is 0 Å². The van der Waals surface area contributed by atoms with E-state index in [1.807, 2.05) is 0 Å². The number of hydrogen-bond donors (Lipinski definition) is 4. The second-order valence-corrected chi connectivity index (χ2v) is 8.12. The molecule has 6 N–H and O–H groups in total. The van der Waals surface area contributed by atoms with Crippen LogP contribution >= 0.6 is 0 Å². The van der Waals surface area contributed by atoms with Crippen molar-refractivity contribution in [2.24, 2.45) is 16.5 Å². The lowest BCUT2D eigenvalue weighted by atomic mass is 10.1. The second-order valence-electron chi connectivity index (χ2n) is 6.13. The Labute approximate surface area is 162 Å². The lowest BCUT2D eigenvalue weighted by Gasteiger charge is -2.15. The number of carbonyl (C=O) groups is 1. The van der Waals surface area contributed by atoms with E-state index in [-0.39, 0.29) is 16.2 Å². The zero-order chi connectivity index (χ0) is 21.1. The Kier molecular flexibility index (Phi) is 6.39. The van der Waals surface area contributed by atoms with Gasteiger partial charge in [0.2, 0.25) is 0 Å². The number of rotatable bonds is 6. The van der Waals surface area contributed by atoms with E-state index in [1.165, 1.54) is 31.2 Å². The molecule has 0 aliphatic rings. The normalized spacial score (nSPS) is 13.4. The summed E-state index contributed by atoms with van der Waals surface area (Å²) in [6.07, 6.45) is -1.02. The quantitative estimate of drug-likeness (QED) is 0.401. The van der Waals surface area contributed by atoms with Crippen LogP contribution < -0.4 is 16.2 Å². The first-order valence-electron chi connectivity index (χ1n) is 8.11. The van der Waals surface area contributed by atoms with Gasteiger partial charge < -0.3 is 26.4 Å². The van der Waals surface area contributed by atoms with Crippen LogP contribution in [0.2, 0.25) is 0 Å². The van der Waals surface area contributed by atoms with Crippen molar-refractivity contribution in [1.29, 1.82) is 0 Å². The molecule has 0 aromatic heterocycles. The Morgan fingerprint density at radius 3 is 2.21 bits per heavy atom. The molecule has 0 aliphatic heterocycles. The van der Waals surface area contributed by atoms with E-state index in [0.717, 1.165) is 12.3 Å². The van der Waals surface area contributed by atoms with E-state index in [9.17, 15) is 23.4 Å². The van der Waals surface area contributed by atoms with E-state index in [4.69, 9.17) is 16.2 Å². The van der Waals surface area contributed by atoms with Crippen molar-refractivity contribution in [3.63, 3.8) is 0 Å². The average Bonchev–Trinajstić information content (AvgIpc) is 2.60. The van der Waals surface area contributed by atoms with Crippen molar-refractivity contribution >= 4 is 21.7 Å². The Morgan fingerprint density at radius 2 is 1.71 bits per heavy atom. The lowest BCUT2D eigenvalue weighted by molar-refractivity contribution is 0.0305. The summed E-state index contributed by atoms with van der Waals surface area (Å²) < 4.78 is 29.9. The minimum atomic E-state index is -3.73. The number of aliphatic hydroxyl groups is 2. The van der Waals surface area contributed by atoms with Crippen LogP contribution in [-0.2, 0) is 9.84 Å². The van der Waals surface area contributed by atoms with Crippen LogP contribution in [0.15, 0.2) is 52.4 Å². The molecule has 1 amide bonds. The third kappa shape index (κ3) is 5.28. The molecule has 0 bridgehead atoms. The molecule has 0 saturated heterocycles. The first-order valence-corrected chi connectivity index (χ1v) is 10.00. The number of amides is 1. The molecule has 0 saturated carbocycles. The fraction of sp³-hybridized carbons (Fsp3) is 0.222. The van der Waals surface area contributed by atoms with Crippen molar-refractivity contribution in [3.05, 3.63) is 53.6 Å². The molecule has 2 aromatic rings. The lowest BCUT2D eigenvalue weighted by Crippen LogP contribution is -2.24. The van der Waals surface area contributed by atoms with Crippen LogP contribution in [-0.4, -0.2) is 42.9 Å². The van der Waals surface area contributed by atoms with E-state index in [0.29, 0.717) is 11.3 Å². The smallest absolute Gasteiger partial charge is 0.280 e. The summed E-state index contributed by atoms with van der Waals surface area (Å²) in [5, 5.41) is 19.3. The summed E-state index contributed by atoms with van der Waals surface area (Å²) in [5.41, 5.74) is 10.8. The number of hydrogen-bond acceptors (Lipinski definition) is 6. The van der Waals surface area contributed by atoms with Crippen LogP contribution in [0.3, 0.4) is 0 Å². The van der Waals surface area contributed by atoms with Gasteiger partial charge in [-0.05, 0) is 42.8 Å². The van der Waals surface area contributed by atoms with Gasteiger partial charge in [0.1, 0.15) is 22.5 Å². The van der Waals surface area contributed by atoms with E-state index >= 15 is 0 Å². The monoisotopic (exact) mass is 407 g/mol. The van der Waals surface area contributed by atoms with Gasteiger partial charge in [-0.3, -0.25) is 4.79 Å². The largest absolute Gasteiger partial charge is 0.456 e. The molecule has 2 atom stereocenters. The van der Waals surface area contributed by atoms with Crippen molar-refractivity contribution in [2.45, 2.75) is 24.0 Å². The number of benzene rings is 2. The molecule has 9 nitrogen and oxygen atoms in total. The highest BCUT2D eigenvalue weighted by molar-refractivity contribution is 7.90. The molecule has 2 rings (SSSR count). The van der Waals surface area contributed by atoms with Crippen LogP contribution in [0.25, 0.3) is 0 Å². The van der Waals surface area contributed by atoms with E-state index < -0.39 is 33.9 Å². The maximum absolute atomic E-state index is 12.1. The van der Waals surface area contributed by atoms with Gasteiger partial charge in [0, 0.05) is 11.8 Å². The predicted octanol–water partition coefficient (Wildman–Crippen LogP) is 0.710. The molecule has 0 spiro atoms. The van der Waals surface area contributed by atoms with Gasteiger partial charge >= 0.3 is 0 Å². The maximum Gasteiger partial charge on any atom is 0.280 e. The van der Waals surface area contributed by atoms with Crippen molar-refractivity contribution in [1.82, 2.24) is 0 Å². The second kappa shape index (κ2) is 8.38. The summed E-state index contributed by atoms with van der Waals surface area (Å²) in [7, 11) is -3.73. The fourth-order valence-electron chi connectivity index (χ4n) is 2.34. The van der Waals surface area contributed by atoms with Crippen LogP contribution in [0.4, 0.5) is 0 Å². The molecule has 150 valence electrons. The van der Waals surface area contributed by atoms with Crippen LogP contribution in [0.5, 0.6) is 11.5 Å². The minimum Gasteiger partial charge on any atom is -0.456 e. The molecule has 0 radical (unpaired) electrons. The molecular formula is C18H21N3O6S. The minimum absolute atomic E-state index is 0.00701. The third-order valence-corrected chi connectivity index (χ3v) is 4.85. The first kappa shape index (κ1) is 21.4. The fourth-order valence-corrected chi connectivity index (χ4v) is 3.15. The zero-order valence-electron chi connectivity index (χ0n) is 15.2. The highest BCUT2D eigenvalue weighted by Gasteiger charge is 2.19. The number of sulfone groups is 1. The molecule has 28 heavy (non-hydrogen) atoms. The Morgan fingerprint density at radius 1 is 1.11 bits per heavy atom. The van der Waals surface area contributed by atoms with Gasteiger partial charge in [-0.25, -0.2) is 8.42 Å². The van der Waals surface area contributed by atoms with E-state index in [2.05, 4.69) is 4.99 Å². The Bertz CT molecular complexity index is 996. The molecular weight excluding hydrogens is 386 g/mol. The van der Waals surface area contributed by atoms with Crippen molar-refractivity contribution in [2.75, 3.05) is 6.26 Å². The number of aliphatic hydroxyl groups excluding tert-OH is 2. The number of carbonyl (C=O) groups excluding carboxylic acids is 1. The maximum atomic E-state index is 12.1. The Hall–Kier alpha value is -2.95. The number of ether oxygens (including phenoxy) is 1. The Balaban J connectivity index is 2.38. The van der Waals surface area contributed by atoms with Crippen LogP contribution in [0.1, 0.15) is 28.9 Å². The number of nitrogens with zero attached hydrogens (tertiary/aromatic N) is 1. The standard InChI is InChI=1S/C18H21N3O6S/c1-10(22)16(23)11-3-6-13(7-4-11)27-14-8-5-12(17(24)21-18(19)20)9-15(14)28(2,25)26/h3-10,16,22-23H,1-2H3,(H4,19,20,21,24)/t10-,16?/m0/s1. The average molecular weight is 407 g/mol. The van der Waals surface area contributed by atoms with Gasteiger partial charge in [0.25, 0.3) is 5.91 Å². The highest BCUT2D eigenvalue weighted by atomic mass is 32.2. The summed E-state index contributed by atoms with van der Waals surface area (Å²) in [6.45, 7) is 1.46. The molecule has 10 heteroatoms. The van der Waals surface area contributed by atoms with Gasteiger partial charge in [0.05, 0.1) is 6.10 Å². The highest BCUT2D eigenvalue weighted by Crippen LogP contribution is 2.31. The number of nitrogens with two attached hydrogens (primary N) is 2. The number of guanidine groups is 1. The summed E-state index contributed by atoms with van der Waals surface area (Å²) >= 11 is 0. The number of aliphatic imine (C=N–C) groups is 1. The molecule has 0 fully saturated rings. The van der Waals surface area contributed by atoms with Crippen LogP contribution in [0, 0.1) is 0 Å². The predicted molar refractivity (Wildman–Crippen MR) is 103 cm³/mol. The summed E-state index contributed by atoms with van der Waals surface area (Å²) in [5.74, 6) is -0.916. The van der Waals surface area contributed by atoms with Crippen molar-refractivity contribution < 1.29 is 28.2 Å². The van der Waals surface area contributed by atoms with Crippen molar-refractivity contribution in [3.8, 4) is 11.5 Å². The van der Waals surface area contributed by atoms with Gasteiger partial charge in [-0.2, -0.15) is 4.99 Å². The SMILES string of the molecule is C[C@H](O)C(O)c1ccc(Oc2ccc(C(=O)N=C(N)N)cc2S(C)(=O)=O)cc1. The molecule has 1 unspecified atom stereocenters. The molecule has 0 aliphatic carbocycles. The summed E-state index contributed by atoms with van der Waals surface area (Å²) in [6, 6.07) is 9.92. The van der Waals surface area contributed by atoms with Gasteiger partial charge in [0.15, 0.2) is 15.8 Å². The first-order chi connectivity index (χ1) is 13.0. The van der Waals surface area contributed by atoms with E-state index in [1.54, 1.807) is 12.1 Å². The van der Waals surface area contributed by atoms with Gasteiger partial charge in [-0.1, -0.05) is 12.1 Å². The molecule has 2 aromatic carbocycles. The molecule has 0 heterocycles.